The zero-order valence-corrected chi connectivity index (χ0v) is 12.8. The van der Waals surface area contributed by atoms with E-state index in [1.54, 1.807) is 4.90 Å². The van der Waals surface area contributed by atoms with E-state index in [0.29, 0.717) is 0 Å². The average Bonchev–Trinajstić information content (AvgIpc) is 2.34. The van der Waals surface area contributed by atoms with Gasteiger partial charge in [0, 0.05) is 4.47 Å². The maximum atomic E-state index is 12.2. The number of carbonyl (C=O) groups excluding carboxylic acids is 2. The van der Waals surface area contributed by atoms with Gasteiger partial charge in [0.15, 0.2) is 0 Å². The van der Waals surface area contributed by atoms with Gasteiger partial charge in [-0.3, -0.25) is 14.5 Å². The molecule has 0 bridgehead atoms. The van der Waals surface area contributed by atoms with Crippen LogP contribution in [0, 0.1) is 12.8 Å². The molecule has 1 aliphatic heterocycles. The molecule has 0 saturated carbocycles. The lowest BCUT2D eigenvalue weighted by Gasteiger charge is -2.37. The van der Waals surface area contributed by atoms with Crippen molar-refractivity contribution in [3.05, 3.63) is 28.2 Å². The van der Waals surface area contributed by atoms with Gasteiger partial charge >= 0.3 is 0 Å². The molecule has 1 aliphatic rings. The Hall–Kier alpha value is -1.36. The van der Waals surface area contributed by atoms with E-state index in [4.69, 9.17) is 0 Å². The van der Waals surface area contributed by atoms with Gasteiger partial charge in [0.25, 0.3) is 0 Å². The van der Waals surface area contributed by atoms with E-state index in [1.165, 1.54) is 0 Å². The summed E-state index contributed by atoms with van der Waals surface area (Å²) in [5.41, 5.74) is 1.82. The Balaban J connectivity index is 2.51. The topological polar surface area (TPSA) is 49.4 Å². The molecule has 4 nitrogen and oxygen atoms in total. The van der Waals surface area contributed by atoms with Crippen LogP contribution in [0.5, 0.6) is 0 Å². The van der Waals surface area contributed by atoms with Crippen LogP contribution in [0.4, 0.5) is 5.69 Å². The summed E-state index contributed by atoms with van der Waals surface area (Å²) in [4.78, 5) is 25.9. The molecular weight excluding hydrogens is 308 g/mol. The average molecular weight is 325 g/mol. The van der Waals surface area contributed by atoms with Gasteiger partial charge in [-0.15, -0.1) is 0 Å². The minimum Gasteiger partial charge on any atom is -0.345 e. The molecule has 102 valence electrons. The number of carbonyl (C=O) groups is 2. The summed E-state index contributed by atoms with van der Waals surface area (Å²) >= 11 is 3.46. The minimum absolute atomic E-state index is 0.0525. The van der Waals surface area contributed by atoms with Gasteiger partial charge in [-0.05, 0) is 46.5 Å². The van der Waals surface area contributed by atoms with Gasteiger partial charge in [-0.1, -0.05) is 19.9 Å². The first kappa shape index (κ1) is 14.1. The third-order valence-corrected chi connectivity index (χ3v) is 3.89. The molecule has 0 aromatic heterocycles. The van der Waals surface area contributed by atoms with Gasteiger partial charge in [0.05, 0.1) is 12.2 Å². The van der Waals surface area contributed by atoms with Crippen molar-refractivity contribution in [3.63, 3.8) is 0 Å². The molecule has 0 radical (unpaired) electrons. The van der Waals surface area contributed by atoms with Crippen molar-refractivity contribution in [1.29, 1.82) is 0 Å². The molecule has 1 atom stereocenters. The molecule has 1 aromatic carbocycles. The third kappa shape index (κ3) is 2.66. The largest absolute Gasteiger partial charge is 0.345 e. The molecule has 1 unspecified atom stereocenters. The summed E-state index contributed by atoms with van der Waals surface area (Å²) in [6, 6.07) is 5.34. The number of anilines is 1. The minimum atomic E-state index is -0.459. The Kier molecular flexibility index (Phi) is 3.94. The molecule has 0 spiro atoms. The fraction of sp³-hybridized carbons (Fsp3) is 0.429. The van der Waals surface area contributed by atoms with E-state index < -0.39 is 6.04 Å². The Labute approximate surface area is 121 Å². The number of benzene rings is 1. The molecule has 2 amide bonds. The van der Waals surface area contributed by atoms with Crippen LogP contribution in [0.2, 0.25) is 0 Å². The normalized spacial score (nSPS) is 19.8. The van der Waals surface area contributed by atoms with Crippen LogP contribution in [-0.4, -0.2) is 24.4 Å². The number of nitrogens with zero attached hydrogens (tertiary/aromatic N) is 1. The number of piperazine rings is 1. The molecule has 1 saturated heterocycles. The number of halogens is 1. The first-order chi connectivity index (χ1) is 8.91. The van der Waals surface area contributed by atoms with Crippen molar-refractivity contribution in [2.75, 3.05) is 11.4 Å². The maximum Gasteiger partial charge on any atom is 0.247 e. The molecular formula is C14H17BrN2O2. The van der Waals surface area contributed by atoms with E-state index in [9.17, 15) is 9.59 Å². The fourth-order valence-corrected chi connectivity index (χ4v) is 2.75. The number of nitrogens with one attached hydrogen (secondary N) is 1. The Bertz CT molecular complexity index is 528. The molecule has 1 heterocycles. The maximum absolute atomic E-state index is 12.2. The van der Waals surface area contributed by atoms with Crippen molar-refractivity contribution < 1.29 is 9.59 Å². The fourth-order valence-electron chi connectivity index (χ4n) is 2.32. The predicted octanol–water partition coefficient (Wildman–Crippen LogP) is 2.24. The van der Waals surface area contributed by atoms with Crippen LogP contribution in [0.3, 0.4) is 0 Å². The molecule has 2 rings (SSSR count). The first-order valence-corrected chi connectivity index (χ1v) is 7.07. The lowest BCUT2D eigenvalue weighted by Crippen LogP contribution is -2.60. The number of hydrogen-bond acceptors (Lipinski definition) is 2. The van der Waals surface area contributed by atoms with Crippen molar-refractivity contribution in [3.8, 4) is 0 Å². The van der Waals surface area contributed by atoms with E-state index in [0.717, 1.165) is 15.7 Å². The van der Waals surface area contributed by atoms with E-state index in [2.05, 4.69) is 21.2 Å². The van der Waals surface area contributed by atoms with Gasteiger partial charge < -0.3 is 5.32 Å². The summed E-state index contributed by atoms with van der Waals surface area (Å²) in [6.45, 7) is 5.91. The lowest BCUT2D eigenvalue weighted by atomic mass is 9.98. The van der Waals surface area contributed by atoms with Crippen LogP contribution in [0.1, 0.15) is 19.4 Å². The molecule has 5 heteroatoms. The van der Waals surface area contributed by atoms with E-state index >= 15 is 0 Å². The molecule has 0 aliphatic carbocycles. The van der Waals surface area contributed by atoms with E-state index in [1.807, 2.05) is 39.0 Å². The van der Waals surface area contributed by atoms with Crippen LogP contribution in [-0.2, 0) is 9.59 Å². The van der Waals surface area contributed by atoms with Gasteiger partial charge in [-0.2, -0.15) is 0 Å². The number of hydrogen-bond donors (Lipinski definition) is 1. The number of amides is 2. The highest BCUT2D eigenvalue weighted by atomic mass is 79.9. The molecule has 1 fully saturated rings. The standard InChI is InChI=1S/C14H17BrN2O2/c1-8(2)13-14(19)16-7-12(18)17(13)11-6-9(3)4-5-10(11)15/h4-6,8,13H,7H2,1-3H3,(H,16,19). The zero-order valence-electron chi connectivity index (χ0n) is 11.2. The van der Waals surface area contributed by atoms with Crippen molar-refractivity contribution in [1.82, 2.24) is 5.32 Å². The monoisotopic (exact) mass is 324 g/mol. The summed E-state index contributed by atoms with van der Waals surface area (Å²) in [5.74, 6) is -0.121. The van der Waals surface area contributed by atoms with E-state index in [-0.39, 0.29) is 24.3 Å². The van der Waals surface area contributed by atoms with Crippen molar-refractivity contribution >= 4 is 33.4 Å². The van der Waals surface area contributed by atoms with Crippen LogP contribution in [0.15, 0.2) is 22.7 Å². The molecule has 1 aromatic rings. The SMILES string of the molecule is Cc1ccc(Br)c(N2C(=O)CNC(=O)C2C(C)C)c1. The number of aryl methyl sites for hydroxylation is 1. The highest BCUT2D eigenvalue weighted by Crippen LogP contribution is 2.31. The van der Waals surface area contributed by atoms with Crippen molar-refractivity contribution in [2.24, 2.45) is 5.92 Å². The molecule has 1 N–H and O–H groups in total. The van der Waals surface area contributed by atoms with Gasteiger partial charge in [-0.25, -0.2) is 0 Å². The first-order valence-electron chi connectivity index (χ1n) is 6.27. The second kappa shape index (κ2) is 5.33. The summed E-state index contributed by atoms with van der Waals surface area (Å²) in [7, 11) is 0. The van der Waals surface area contributed by atoms with Crippen molar-refractivity contribution in [2.45, 2.75) is 26.8 Å². The molecule has 19 heavy (non-hydrogen) atoms. The van der Waals surface area contributed by atoms with Crippen LogP contribution in [0.25, 0.3) is 0 Å². The Morgan fingerprint density at radius 1 is 1.37 bits per heavy atom. The van der Waals surface area contributed by atoms with Crippen LogP contribution < -0.4 is 10.2 Å². The highest BCUT2D eigenvalue weighted by molar-refractivity contribution is 9.10. The van der Waals surface area contributed by atoms with Gasteiger partial charge in [0.2, 0.25) is 11.8 Å². The number of rotatable bonds is 2. The summed E-state index contributed by atoms with van der Waals surface area (Å²) in [5, 5.41) is 2.65. The summed E-state index contributed by atoms with van der Waals surface area (Å²) < 4.78 is 0.826. The third-order valence-electron chi connectivity index (χ3n) is 3.22. The quantitative estimate of drug-likeness (QED) is 0.907. The Morgan fingerprint density at radius 2 is 2.05 bits per heavy atom. The van der Waals surface area contributed by atoms with Crippen LogP contribution >= 0.6 is 15.9 Å². The second-order valence-corrected chi connectivity index (χ2v) is 5.98. The smallest absolute Gasteiger partial charge is 0.247 e. The lowest BCUT2D eigenvalue weighted by molar-refractivity contribution is -0.131. The van der Waals surface area contributed by atoms with Gasteiger partial charge in [0.1, 0.15) is 6.04 Å². The highest BCUT2D eigenvalue weighted by Gasteiger charge is 2.38. The second-order valence-electron chi connectivity index (χ2n) is 5.13. The summed E-state index contributed by atoms with van der Waals surface area (Å²) in [6.07, 6.45) is 0. The predicted molar refractivity (Wildman–Crippen MR) is 78.0 cm³/mol. The zero-order chi connectivity index (χ0) is 14.2. The Morgan fingerprint density at radius 3 is 2.68 bits per heavy atom.